The quantitative estimate of drug-likeness (QED) is 0.813. The van der Waals surface area contributed by atoms with Crippen LogP contribution in [0.3, 0.4) is 0 Å². The summed E-state index contributed by atoms with van der Waals surface area (Å²) in [7, 11) is -7.31. The zero-order valence-electron chi connectivity index (χ0n) is 14.4. The van der Waals surface area contributed by atoms with Crippen LogP contribution in [0, 0.1) is 5.92 Å². The Morgan fingerprint density at radius 2 is 1.56 bits per heavy atom. The summed E-state index contributed by atoms with van der Waals surface area (Å²) in [6.07, 6.45) is 7.31. The molecular weight excluding hydrogens is 360 g/mol. The van der Waals surface area contributed by atoms with E-state index < -0.39 is 20.0 Å². The maximum atomic E-state index is 12.6. The molecule has 0 aromatic heterocycles. The molecule has 140 valence electrons. The van der Waals surface area contributed by atoms with E-state index in [4.69, 9.17) is 0 Å². The lowest BCUT2D eigenvalue weighted by molar-refractivity contribution is 0.357. The van der Waals surface area contributed by atoms with Crippen LogP contribution in [0.25, 0.3) is 0 Å². The number of benzene rings is 1. The minimum atomic E-state index is -3.70. The molecule has 1 N–H and O–H groups in total. The van der Waals surface area contributed by atoms with Gasteiger partial charge in [-0.3, -0.25) is 0 Å². The second kappa shape index (κ2) is 7.73. The predicted octanol–water partition coefficient (Wildman–Crippen LogP) is 2.33. The third-order valence-corrected chi connectivity index (χ3v) is 8.42. The van der Waals surface area contributed by atoms with Gasteiger partial charge in [0.05, 0.1) is 9.79 Å². The summed E-state index contributed by atoms with van der Waals surface area (Å²) in [5.74, 6) is 0.375. The van der Waals surface area contributed by atoms with Crippen LogP contribution in [0.15, 0.2) is 34.1 Å². The van der Waals surface area contributed by atoms with Gasteiger partial charge in [-0.1, -0.05) is 25.3 Å². The van der Waals surface area contributed by atoms with E-state index >= 15 is 0 Å². The first-order valence-electron chi connectivity index (χ1n) is 8.99. The molecule has 0 atom stereocenters. The Labute approximate surface area is 150 Å². The zero-order chi connectivity index (χ0) is 17.9. The SMILES string of the molecule is O=S(=O)(NCC1CCCCC1)c1cccc(S(=O)(=O)N2CCCC2)c1. The van der Waals surface area contributed by atoms with E-state index in [9.17, 15) is 16.8 Å². The molecule has 6 nitrogen and oxygen atoms in total. The molecule has 3 rings (SSSR count). The van der Waals surface area contributed by atoms with E-state index in [0.29, 0.717) is 25.6 Å². The number of hydrogen-bond donors (Lipinski definition) is 1. The van der Waals surface area contributed by atoms with Crippen LogP contribution in [0.5, 0.6) is 0 Å². The fraction of sp³-hybridized carbons (Fsp3) is 0.647. The van der Waals surface area contributed by atoms with Crippen molar-refractivity contribution in [1.29, 1.82) is 0 Å². The highest BCUT2D eigenvalue weighted by molar-refractivity contribution is 7.90. The number of nitrogens with one attached hydrogen (secondary N) is 1. The molecule has 1 saturated heterocycles. The largest absolute Gasteiger partial charge is 0.243 e. The molecule has 0 spiro atoms. The molecule has 2 aliphatic rings. The molecule has 2 fully saturated rings. The average Bonchev–Trinajstić information content (AvgIpc) is 3.17. The van der Waals surface area contributed by atoms with E-state index in [1.54, 1.807) is 0 Å². The monoisotopic (exact) mass is 386 g/mol. The van der Waals surface area contributed by atoms with E-state index in [0.717, 1.165) is 38.5 Å². The van der Waals surface area contributed by atoms with Crippen LogP contribution in [0.2, 0.25) is 0 Å². The Bertz CT molecular complexity index is 794. The summed E-state index contributed by atoms with van der Waals surface area (Å²) >= 11 is 0. The fourth-order valence-electron chi connectivity index (χ4n) is 3.58. The summed E-state index contributed by atoms with van der Waals surface area (Å²) in [6.45, 7) is 1.42. The van der Waals surface area contributed by atoms with Crippen molar-refractivity contribution < 1.29 is 16.8 Å². The molecule has 1 heterocycles. The van der Waals surface area contributed by atoms with Crippen molar-refractivity contribution in [3.8, 4) is 0 Å². The highest BCUT2D eigenvalue weighted by Crippen LogP contribution is 2.25. The van der Waals surface area contributed by atoms with Crippen molar-refractivity contribution in [3.63, 3.8) is 0 Å². The Kier molecular flexibility index (Phi) is 5.82. The van der Waals surface area contributed by atoms with Crippen molar-refractivity contribution in [3.05, 3.63) is 24.3 Å². The Morgan fingerprint density at radius 3 is 2.24 bits per heavy atom. The second-order valence-electron chi connectivity index (χ2n) is 6.94. The molecule has 0 radical (unpaired) electrons. The molecular formula is C17H26N2O4S2. The van der Waals surface area contributed by atoms with Gasteiger partial charge in [-0.15, -0.1) is 0 Å². The van der Waals surface area contributed by atoms with Crippen molar-refractivity contribution in [2.45, 2.75) is 54.7 Å². The van der Waals surface area contributed by atoms with Gasteiger partial charge in [0.2, 0.25) is 20.0 Å². The van der Waals surface area contributed by atoms with Crippen molar-refractivity contribution in [1.82, 2.24) is 9.03 Å². The molecule has 25 heavy (non-hydrogen) atoms. The number of nitrogens with zero attached hydrogens (tertiary/aromatic N) is 1. The van der Waals surface area contributed by atoms with Crippen LogP contribution in [0.1, 0.15) is 44.9 Å². The molecule has 1 aromatic rings. The summed E-state index contributed by atoms with van der Waals surface area (Å²) in [6, 6.07) is 5.69. The predicted molar refractivity (Wildman–Crippen MR) is 96.2 cm³/mol. The van der Waals surface area contributed by atoms with Crippen LogP contribution in [0.4, 0.5) is 0 Å². The van der Waals surface area contributed by atoms with Gasteiger partial charge in [0.15, 0.2) is 0 Å². The van der Waals surface area contributed by atoms with E-state index in [-0.39, 0.29) is 9.79 Å². The van der Waals surface area contributed by atoms with Crippen molar-refractivity contribution >= 4 is 20.0 Å². The maximum absolute atomic E-state index is 12.6. The lowest BCUT2D eigenvalue weighted by Gasteiger charge is -2.21. The van der Waals surface area contributed by atoms with Gasteiger partial charge < -0.3 is 0 Å². The van der Waals surface area contributed by atoms with Gasteiger partial charge >= 0.3 is 0 Å². The van der Waals surface area contributed by atoms with Crippen LogP contribution < -0.4 is 4.72 Å². The highest BCUT2D eigenvalue weighted by atomic mass is 32.2. The van der Waals surface area contributed by atoms with Gasteiger partial charge in [-0.2, -0.15) is 4.31 Å². The molecule has 0 unspecified atom stereocenters. The summed E-state index contributed by atoms with van der Waals surface area (Å²) in [4.78, 5) is 0.0681. The zero-order valence-corrected chi connectivity index (χ0v) is 16.0. The van der Waals surface area contributed by atoms with E-state index in [1.165, 1.54) is 35.0 Å². The smallest absolute Gasteiger partial charge is 0.211 e. The standard InChI is InChI=1S/C17H26N2O4S2/c20-24(21,18-14-15-7-2-1-3-8-15)16-9-6-10-17(13-16)25(22,23)19-11-4-5-12-19/h6,9-10,13,15,18H,1-5,7-8,11-12,14H2. The first-order valence-corrected chi connectivity index (χ1v) is 11.9. The maximum Gasteiger partial charge on any atom is 0.243 e. The van der Waals surface area contributed by atoms with Crippen LogP contribution in [-0.2, 0) is 20.0 Å². The highest BCUT2D eigenvalue weighted by Gasteiger charge is 2.28. The van der Waals surface area contributed by atoms with Gasteiger partial charge in [0.1, 0.15) is 0 Å². The van der Waals surface area contributed by atoms with Gasteiger partial charge in [-0.05, 0) is 49.8 Å². The molecule has 8 heteroatoms. The third-order valence-electron chi connectivity index (χ3n) is 5.11. The Hall–Kier alpha value is -0.960. The second-order valence-corrected chi connectivity index (χ2v) is 10.6. The van der Waals surface area contributed by atoms with E-state index in [2.05, 4.69) is 4.72 Å². The molecule has 1 aliphatic heterocycles. The van der Waals surface area contributed by atoms with Crippen molar-refractivity contribution in [2.75, 3.05) is 19.6 Å². The lowest BCUT2D eigenvalue weighted by Crippen LogP contribution is -2.31. The molecule has 0 bridgehead atoms. The molecule has 1 aromatic carbocycles. The molecule has 1 aliphatic carbocycles. The van der Waals surface area contributed by atoms with Crippen LogP contribution >= 0.6 is 0 Å². The summed E-state index contributed by atoms with van der Waals surface area (Å²) in [5, 5.41) is 0. The minimum absolute atomic E-state index is 0.0172. The third kappa shape index (κ3) is 4.42. The number of hydrogen-bond acceptors (Lipinski definition) is 4. The number of sulfonamides is 2. The number of rotatable bonds is 6. The van der Waals surface area contributed by atoms with Gasteiger partial charge in [0, 0.05) is 19.6 Å². The molecule has 0 amide bonds. The van der Waals surface area contributed by atoms with Gasteiger partial charge in [0.25, 0.3) is 0 Å². The topological polar surface area (TPSA) is 83.5 Å². The normalized spacial score (nSPS) is 20.8. The van der Waals surface area contributed by atoms with Crippen LogP contribution in [-0.4, -0.2) is 40.8 Å². The average molecular weight is 387 g/mol. The van der Waals surface area contributed by atoms with E-state index in [1.807, 2.05) is 0 Å². The Morgan fingerprint density at radius 1 is 0.920 bits per heavy atom. The molecule has 1 saturated carbocycles. The first-order chi connectivity index (χ1) is 11.9. The first kappa shape index (κ1) is 18.8. The lowest BCUT2D eigenvalue weighted by atomic mass is 9.90. The van der Waals surface area contributed by atoms with Gasteiger partial charge in [-0.25, -0.2) is 21.6 Å². The van der Waals surface area contributed by atoms with Crippen molar-refractivity contribution in [2.24, 2.45) is 5.92 Å². The minimum Gasteiger partial charge on any atom is -0.211 e. The summed E-state index contributed by atoms with van der Waals surface area (Å²) < 4.78 is 54.5. The summed E-state index contributed by atoms with van der Waals surface area (Å²) in [5.41, 5.74) is 0. The fourth-order valence-corrected chi connectivity index (χ4v) is 6.38. The Balaban J connectivity index is 1.75.